The molecule has 7 heteroatoms. The van der Waals surface area contributed by atoms with Gasteiger partial charge in [0.15, 0.2) is 10.9 Å². The van der Waals surface area contributed by atoms with E-state index < -0.39 is 0 Å². The maximum atomic E-state index is 12.4. The molecule has 3 rings (SSSR count). The molecule has 0 spiro atoms. The summed E-state index contributed by atoms with van der Waals surface area (Å²) in [5.41, 5.74) is 2.43. The third-order valence-electron chi connectivity index (χ3n) is 4.85. The highest BCUT2D eigenvalue weighted by Crippen LogP contribution is 2.33. The number of Topliss-reactive ketones (excluding diaryl/α,β-unsaturated/α-hetero) is 1. The highest BCUT2D eigenvalue weighted by Gasteiger charge is 2.16. The van der Waals surface area contributed by atoms with E-state index in [2.05, 4.69) is 17.2 Å². The van der Waals surface area contributed by atoms with E-state index in [9.17, 15) is 9.59 Å². The lowest BCUT2D eigenvalue weighted by Crippen LogP contribution is -2.13. The van der Waals surface area contributed by atoms with E-state index in [-0.39, 0.29) is 24.5 Å². The summed E-state index contributed by atoms with van der Waals surface area (Å²) in [5.74, 6) is 1.21. The fourth-order valence-electron chi connectivity index (χ4n) is 3.23. The molecule has 0 unspecified atom stereocenters. The number of hydrogen-bond donors (Lipinski definition) is 1. The minimum absolute atomic E-state index is 0.0799. The van der Waals surface area contributed by atoms with Crippen molar-refractivity contribution in [3.05, 3.63) is 59.0 Å². The smallest absolute Gasteiger partial charge is 0.226 e. The molecule has 6 nitrogen and oxygen atoms in total. The molecule has 0 aliphatic heterocycles. The highest BCUT2D eigenvalue weighted by atomic mass is 32.1. The first kappa shape index (κ1) is 23.5. The Bertz CT molecular complexity index is 1040. The normalized spacial score (nSPS) is 10.6. The number of ketones is 1. The third-order valence-corrected chi connectivity index (χ3v) is 5.88. The minimum Gasteiger partial charge on any atom is -0.497 e. The van der Waals surface area contributed by atoms with Gasteiger partial charge in [0.1, 0.15) is 11.5 Å². The standard InChI is InChI=1S/C25H28N2O4S/c1-4-6-22-24(18-9-13-20(14-10-18)31-5-2)27-25(32-22)26-23(29)16-15-21(28)17-7-11-19(30-3)12-8-17/h7-14H,4-6,15-16H2,1-3H3,(H,26,27,29). The monoisotopic (exact) mass is 452 g/mol. The first-order valence-electron chi connectivity index (χ1n) is 10.7. The molecular formula is C25H28N2O4S. The zero-order valence-electron chi connectivity index (χ0n) is 18.6. The van der Waals surface area contributed by atoms with Gasteiger partial charge < -0.3 is 14.8 Å². The van der Waals surface area contributed by atoms with Crippen molar-refractivity contribution in [3.63, 3.8) is 0 Å². The topological polar surface area (TPSA) is 77.5 Å². The van der Waals surface area contributed by atoms with Gasteiger partial charge in [-0.05, 0) is 61.9 Å². The number of ether oxygens (including phenoxy) is 2. The highest BCUT2D eigenvalue weighted by molar-refractivity contribution is 7.16. The van der Waals surface area contributed by atoms with Crippen LogP contribution < -0.4 is 14.8 Å². The van der Waals surface area contributed by atoms with Crippen LogP contribution in [0.1, 0.15) is 48.3 Å². The van der Waals surface area contributed by atoms with Crippen molar-refractivity contribution >= 4 is 28.2 Å². The van der Waals surface area contributed by atoms with E-state index in [4.69, 9.17) is 9.47 Å². The van der Waals surface area contributed by atoms with Gasteiger partial charge in [0, 0.05) is 28.8 Å². The number of methoxy groups -OCH3 is 1. The lowest BCUT2D eigenvalue weighted by molar-refractivity contribution is -0.116. The number of carbonyl (C=O) groups excluding carboxylic acids is 2. The molecule has 1 aromatic heterocycles. The molecule has 1 heterocycles. The van der Waals surface area contributed by atoms with Crippen LogP contribution in [0.5, 0.6) is 11.5 Å². The Balaban J connectivity index is 1.63. The predicted octanol–water partition coefficient (Wildman–Crippen LogP) is 5.77. The molecule has 0 saturated heterocycles. The summed E-state index contributed by atoms with van der Waals surface area (Å²) in [5, 5.41) is 3.41. The number of carbonyl (C=O) groups is 2. The van der Waals surface area contributed by atoms with Gasteiger partial charge in [-0.15, -0.1) is 11.3 Å². The van der Waals surface area contributed by atoms with Gasteiger partial charge in [-0.25, -0.2) is 4.98 Å². The number of aryl methyl sites for hydroxylation is 1. The number of nitrogens with one attached hydrogen (secondary N) is 1. The molecule has 32 heavy (non-hydrogen) atoms. The molecular weight excluding hydrogens is 424 g/mol. The molecule has 1 N–H and O–H groups in total. The largest absolute Gasteiger partial charge is 0.497 e. The summed E-state index contributed by atoms with van der Waals surface area (Å²) in [7, 11) is 1.58. The van der Waals surface area contributed by atoms with Gasteiger partial charge in [-0.3, -0.25) is 9.59 Å². The van der Waals surface area contributed by atoms with Crippen LogP contribution in [0.3, 0.4) is 0 Å². The summed E-state index contributed by atoms with van der Waals surface area (Å²) < 4.78 is 10.6. The van der Waals surface area contributed by atoms with Crippen LogP contribution in [0, 0.1) is 0 Å². The molecule has 0 atom stereocenters. The molecule has 0 aliphatic rings. The summed E-state index contributed by atoms with van der Waals surface area (Å²) in [6.07, 6.45) is 2.10. The number of thiazole rings is 1. The van der Waals surface area contributed by atoms with Crippen molar-refractivity contribution in [2.45, 2.75) is 39.5 Å². The second-order valence-corrected chi connectivity index (χ2v) is 8.28. The summed E-state index contributed by atoms with van der Waals surface area (Å²) >= 11 is 1.48. The molecule has 0 radical (unpaired) electrons. The van der Waals surface area contributed by atoms with Crippen molar-refractivity contribution < 1.29 is 19.1 Å². The first-order chi connectivity index (χ1) is 15.5. The Labute approximate surface area is 192 Å². The Kier molecular flexibility index (Phi) is 8.39. The van der Waals surface area contributed by atoms with Crippen LogP contribution in [0.15, 0.2) is 48.5 Å². The number of amides is 1. The van der Waals surface area contributed by atoms with Crippen LogP contribution in [0.4, 0.5) is 5.13 Å². The van der Waals surface area contributed by atoms with Crippen molar-refractivity contribution in [2.24, 2.45) is 0 Å². The lowest BCUT2D eigenvalue weighted by Gasteiger charge is -2.05. The average Bonchev–Trinajstić information content (AvgIpc) is 3.20. The SMILES string of the molecule is CCCc1sc(NC(=O)CCC(=O)c2ccc(OC)cc2)nc1-c1ccc(OCC)cc1. The Morgan fingerprint density at radius 1 is 0.969 bits per heavy atom. The fourth-order valence-corrected chi connectivity index (χ4v) is 4.33. The van der Waals surface area contributed by atoms with E-state index in [0.29, 0.717) is 23.1 Å². The number of benzene rings is 2. The van der Waals surface area contributed by atoms with Crippen LogP contribution in [-0.4, -0.2) is 30.4 Å². The Morgan fingerprint density at radius 2 is 1.66 bits per heavy atom. The summed E-state index contributed by atoms with van der Waals surface area (Å²) in [6.45, 7) is 4.69. The van der Waals surface area contributed by atoms with Gasteiger partial charge in [-0.2, -0.15) is 0 Å². The van der Waals surface area contributed by atoms with E-state index in [1.807, 2.05) is 31.2 Å². The van der Waals surface area contributed by atoms with Gasteiger partial charge in [0.05, 0.1) is 19.4 Å². The van der Waals surface area contributed by atoms with Crippen molar-refractivity contribution in [3.8, 4) is 22.8 Å². The molecule has 1 amide bonds. The first-order valence-corrected chi connectivity index (χ1v) is 11.6. The van der Waals surface area contributed by atoms with Crippen LogP contribution in [0.2, 0.25) is 0 Å². The summed E-state index contributed by atoms with van der Waals surface area (Å²) in [4.78, 5) is 30.6. The zero-order valence-corrected chi connectivity index (χ0v) is 19.5. The maximum Gasteiger partial charge on any atom is 0.226 e. The second kappa shape index (κ2) is 11.4. The van der Waals surface area contributed by atoms with Crippen LogP contribution in [-0.2, 0) is 11.2 Å². The van der Waals surface area contributed by atoms with E-state index in [0.717, 1.165) is 34.7 Å². The summed E-state index contributed by atoms with van der Waals surface area (Å²) in [6, 6.07) is 14.7. The van der Waals surface area contributed by atoms with Gasteiger partial charge in [0.25, 0.3) is 0 Å². The van der Waals surface area contributed by atoms with Crippen molar-refractivity contribution in [1.82, 2.24) is 4.98 Å². The number of rotatable bonds is 11. The quantitative estimate of drug-likeness (QED) is 0.374. The van der Waals surface area contributed by atoms with Crippen molar-refractivity contribution in [2.75, 3.05) is 19.0 Å². The molecule has 0 fully saturated rings. The number of anilines is 1. The van der Waals surface area contributed by atoms with E-state index in [1.54, 1.807) is 31.4 Å². The number of nitrogens with zero attached hydrogens (tertiary/aromatic N) is 1. The van der Waals surface area contributed by atoms with Gasteiger partial charge in [0.2, 0.25) is 5.91 Å². The minimum atomic E-state index is -0.220. The zero-order chi connectivity index (χ0) is 22.9. The Hall–Kier alpha value is -3.19. The molecule has 2 aromatic carbocycles. The van der Waals surface area contributed by atoms with E-state index in [1.165, 1.54) is 11.3 Å². The number of hydrogen-bond acceptors (Lipinski definition) is 6. The second-order valence-electron chi connectivity index (χ2n) is 7.20. The molecule has 0 saturated carbocycles. The van der Waals surface area contributed by atoms with Crippen molar-refractivity contribution in [1.29, 1.82) is 0 Å². The third kappa shape index (κ3) is 6.17. The number of aromatic nitrogens is 1. The Morgan fingerprint density at radius 3 is 2.28 bits per heavy atom. The molecule has 168 valence electrons. The van der Waals surface area contributed by atoms with Gasteiger partial charge >= 0.3 is 0 Å². The maximum absolute atomic E-state index is 12.4. The molecule has 0 bridgehead atoms. The van der Waals surface area contributed by atoms with Crippen LogP contribution >= 0.6 is 11.3 Å². The van der Waals surface area contributed by atoms with Crippen LogP contribution in [0.25, 0.3) is 11.3 Å². The fraction of sp³-hybridized carbons (Fsp3) is 0.320. The molecule has 0 aliphatic carbocycles. The predicted molar refractivity (Wildman–Crippen MR) is 128 cm³/mol. The molecule has 3 aromatic rings. The lowest BCUT2D eigenvalue weighted by atomic mass is 10.1. The van der Waals surface area contributed by atoms with Gasteiger partial charge in [-0.1, -0.05) is 13.3 Å². The van der Waals surface area contributed by atoms with E-state index >= 15 is 0 Å². The average molecular weight is 453 g/mol.